The smallest absolute Gasteiger partial charge is 0.325 e. The van der Waals surface area contributed by atoms with Gasteiger partial charge in [0, 0.05) is 18.7 Å². The Labute approximate surface area is 247 Å². The number of nitrogens with zero attached hydrogens (tertiary/aromatic N) is 1. The molecule has 0 aliphatic carbocycles. The Bertz CT molecular complexity index is 1020. The van der Waals surface area contributed by atoms with E-state index in [1.54, 1.807) is 6.20 Å². The first kappa shape index (κ1) is 34.7. The molecule has 1 aromatic heterocycles. The monoisotopic (exact) mass is 586 g/mol. The number of carbonyl (C=O) groups is 1. The first-order valence-corrected chi connectivity index (χ1v) is 17.3. The van der Waals surface area contributed by atoms with Crippen LogP contribution in [0, 0.1) is 0 Å². The Balaban J connectivity index is 1.66. The zero-order valence-corrected chi connectivity index (χ0v) is 25.8. The highest BCUT2D eigenvalue weighted by Gasteiger charge is 2.19. The van der Waals surface area contributed by atoms with Crippen molar-refractivity contribution in [2.75, 3.05) is 6.16 Å². The average Bonchev–Trinajstić information content (AvgIpc) is 2.96. The normalized spacial score (nSPS) is 12.5. The molecule has 0 fully saturated rings. The van der Waals surface area contributed by atoms with E-state index in [0.29, 0.717) is 25.2 Å². The maximum absolute atomic E-state index is 12.6. The summed E-state index contributed by atoms with van der Waals surface area (Å²) in [5.74, 6) is 0.655. The average molecular weight is 587 g/mol. The van der Waals surface area contributed by atoms with Crippen LogP contribution >= 0.6 is 7.60 Å². The molecule has 8 heteroatoms. The van der Waals surface area contributed by atoms with E-state index in [2.05, 4.69) is 29.4 Å². The van der Waals surface area contributed by atoms with E-state index < -0.39 is 7.60 Å². The van der Waals surface area contributed by atoms with Crippen molar-refractivity contribution < 1.29 is 23.9 Å². The van der Waals surface area contributed by atoms with Crippen LogP contribution in [-0.4, -0.2) is 32.9 Å². The summed E-state index contributed by atoms with van der Waals surface area (Å²) in [5, 5.41) is 3.02. The lowest BCUT2D eigenvalue weighted by molar-refractivity contribution is -0.121. The minimum atomic E-state index is -4.15. The van der Waals surface area contributed by atoms with Crippen molar-refractivity contribution in [3.8, 4) is 5.75 Å². The van der Waals surface area contributed by atoms with Gasteiger partial charge in [-0.2, -0.15) is 0 Å². The first-order valence-electron chi connectivity index (χ1n) is 15.5. The fraction of sp³-hybridized carbons (Fsp3) is 0.576. The Kier molecular flexibility index (Phi) is 18.0. The van der Waals surface area contributed by atoms with E-state index in [-0.39, 0.29) is 24.5 Å². The van der Waals surface area contributed by atoms with E-state index >= 15 is 0 Å². The van der Waals surface area contributed by atoms with Crippen LogP contribution in [0.25, 0.3) is 0 Å². The molecule has 0 aliphatic heterocycles. The summed E-state index contributed by atoms with van der Waals surface area (Å²) < 4.78 is 17.3. The van der Waals surface area contributed by atoms with E-state index in [4.69, 9.17) is 4.74 Å². The third-order valence-corrected chi connectivity index (χ3v) is 7.91. The number of nitrogens with one attached hydrogen (secondary N) is 1. The van der Waals surface area contributed by atoms with E-state index in [1.807, 2.05) is 42.5 Å². The number of carbonyl (C=O) groups excluding carboxylic acids is 1. The van der Waals surface area contributed by atoms with Crippen molar-refractivity contribution in [3.05, 3.63) is 72.1 Å². The number of allylic oxidation sites excluding steroid dienone is 2. The second-order valence-corrected chi connectivity index (χ2v) is 12.7. The summed E-state index contributed by atoms with van der Waals surface area (Å²) in [5.41, 5.74) is 1.81. The van der Waals surface area contributed by atoms with Crippen LogP contribution in [-0.2, 0) is 22.4 Å². The minimum Gasteiger partial charge on any atom is -0.487 e. The van der Waals surface area contributed by atoms with E-state index in [1.165, 1.54) is 51.4 Å². The number of hydrogen-bond acceptors (Lipinski definition) is 4. The first-order chi connectivity index (χ1) is 19.9. The summed E-state index contributed by atoms with van der Waals surface area (Å²) in [6.45, 7) is 2.62. The van der Waals surface area contributed by atoms with Gasteiger partial charge in [0.2, 0.25) is 5.91 Å². The number of ether oxygens (including phenoxy) is 1. The lowest BCUT2D eigenvalue weighted by Crippen LogP contribution is -2.37. The molecule has 0 aliphatic rings. The molecule has 1 aromatic carbocycles. The van der Waals surface area contributed by atoms with Crippen molar-refractivity contribution in [2.24, 2.45) is 0 Å². The molecule has 0 saturated carbocycles. The Morgan fingerprint density at radius 1 is 0.927 bits per heavy atom. The van der Waals surface area contributed by atoms with Gasteiger partial charge in [0.1, 0.15) is 12.4 Å². The van der Waals surface area contributed by atoms with Gasteiger partial charge in [-0.25, -0.2) is 0 Å². The predicted octanol–water partition coefficient (Wildman–Crippen LogP) is 7.90. The van der Waals surface area contributed by atoms with Gasteiger partial charge >= 0.3 is 7.60 Å². The molecule has 3 N–H and O–H groups in total. The molecule has 2 rings (SSSR count). The third kappa shape index (κ3) is 18.6. The number of aromatic nitrogens is 1. The molecule has 1 amide bonds. The van der Waals surface area contributed by atoms with Gasteiger partial charge in [-0.05, 0) is 74.8 Å². The molecule has 7 nitrogen and oxygen atoms in total. The molecule has 0 radical (unpaired) electrons. The highest BCUT2D eigenvalue weighted by Crippen LogP contribution is 2.35. The van der Waals surface area contributed by atoms with Gasteiger partial charge in [-0.3, -0.25) is 14.3 Å². The molecule has 1 heterocycles. The molecule has 0 saturated heterocycles. The fourth-order valence-electron chi connectivity index (χ4n) is 4.68. The molecule has 41 heavy (non-hydrogen) atoms. The Morgan fingerprint density at radius 2 is 1.59 bits per heavy atom. The molecule has 0 bridgehead atoms. The largest absolute Gasteiger partial charge is 0.487 e. The molecular formula is C33H51N2O5P. The Hall–Kier alpha value is -2.47. The van der Waals surface area contributed by atoms with Crippen LogP contribution in [0.2, 0.25) is 0 Å². The standard InChI is InChI=1S/C33H51N2O5P/c1-2-3-4-5-6-7-8-9-10-11-12-13-14-15-19-33(36)35-30(24-26-41(37,38)39)27-29-20-22-32(23-21-29)40-28-31-18-16-17-25-34-31/h8-9,16-18,20-23,25,30H,2-7,10-15,19,24,26-28H2,1H3,(H,35,36)(H2,37,38,39)/b9-8-. The van der Waals surface area contributed by atoms with E-state index in [9.17, 15) is 19.1 Å². The molecule has 0 spiro atoms. The lowest BCUT2D eigenvalue weighted by Gasteiger charge is -2.19. The maximum atomic E-state index is 12.6. The van der Waals surface area contributed by atoms with Crippen molar-refractivity contribution >= 4 is 13.5 Å². The van der Waals surface area contributed by atoms with Crippen molar-refractivity contribution in [1.82, 2.24) is 10.3 Å². The summed E-state index contributed by atoms with van der Waals surface area (Å²) in [6, 6.07) is 12.9. The summed E-state index contributed by atoms with van der Waals surface area (Å²) in [7, 11) is -4.15. The number of benzene rings is 1. The zero-order valence-electron chi connectivity index (χ0n) is 24.9. The van der Waals surface area contributed by atoms with Crippen molar-refractivity contribution in [2.45, 2.75) is 116 Å². The predicted molar refractivity (Wildman–Crippen MR) is 167 cm³/mol. The van der Waals surface area contributed by atoms with Crippen molar-refractivity contribution in [1.29, 1.82) is 0 Å². The topological polar surface area (TPSA) is 109 Å². The number of amides is 1. The van der Waals surface area contributed by atoms with Crippen LogP contribution in [0.3, 0.4) is 0 Å². The zero-order chi connectivity index (χ0) is 29.6. The highest BCUT2D eigenvalue weighted by atomic mass is 31.2. The van der Waals surface area contributed by atoms with Gasteiger partial charge in [0.05, 0.1) is 11.9 Å². The maximum Gasteiger partial charge on any atom is 0.325 e. The van der Waals surface area contributed by atoms with Crippen LogP contribution < -0.4 is 10.1 Å². The number of pyridine rings is 1. The van der Waals surface area contributed by atoms with Crippen molar-refractivity contribution in [3.63, 3.8) is 0 Å². The second-order valence-electron chi connectivity index (χ2n) is 10.9. The minimum absolute atomic E-state index is 0.0575. The van der Waals surface area contributed by atoms with Gasteiger partial charge in [0.15, 0.2) is 0 Å². The SMILES string of the molecule is CCCCCCC/C=C\CCCCCCCC(=O)NC(CCP(=O)(O)O)Cc1ccc(OCc2ccccn2)cc1. The molecule has 228 valence electrons. The van der Waals surface area contributed by atoms with Gasteiger partial charge in [-0.1, -0.05) is 82.2 Å². The highest BCUT2D eigenvalue weighted by molar-refractivity contribution is 7.51. The van der Waals surface area contributed by atoms with Gasteiger partial charge in [-0.15, -0.1) is 0 Å². The van der Waals surface area contributed by atoms with Crippen LogP contribution in [0.4, 0.5) is 0 Å². The third-order valence-electron chi connectivity index (χ3n) is 7.07. The fourth-order valence-corrected chi connectivity index (χ4v) is 5.32. The summed E-state index contributed by atoms with van der Waals surface area (Å²) in [4.78, 5) is 35.6. The molecule has 2 aromatic rings. The molecule has 1 unspecified atom stereocenters. The number of hydrogen-bond donors (Lipinski definition) is 3. The van der Waals surface area contributed by atoms with Crippen LogP contribution in [0.5, 0.6) is 5.75 Å². The summed E-state index contributed by atoms with van der Waals surface area (Å²) in [6.07, 6.45) is 21.6. The summed E-state index contributed by atoms with van der Waals surface area (Å²) >= 11 is 0. The van der Waals surface area contributed by atoms with E-state index in [0.717, 1.165) is 36.9 Å². The quantitative estimate of drug-likeness (QED) is 0.0694. The van der Waals surface area contributed by atoms with Gasteiger partial charge < -0.3 is 19.8 Å². The molecular weight excluding hydrogens is 535 g/mol. The van der Waals surface area contributed by atoms with Gasteiger partial charge in [0.25, 0.3) is 0 Å². The molecule has 1 atom stereocenters. The van der Waals surface area contributed by atoms with Crippen LogP contribution in [0.1, 0.15) is 108 Å². The Morgan fingerprint density at radius 3 is 2.22 bits per heavy atom. The second kappa shape index (κ2) is 21.3. The number of unbranched alkanes of at least 4 members (excludes halogenated alkanes) is 10. The lowest BCUT2D eigenvalue weighted by atomic mass is 10.0. The number of rotatable bonds is 23. The van der Waals surface area contributed by atoms with Crippen LogP contribution in [0.15, 0.2) is 60.8 Å².